The van der Waals surface area contributed by atoms with E-state index >= 15 is 0 Å². The Morgan fingerprint density at radius 3 is 2.38 bits per heavy atom. The fourth-order valence-electron chi connectivity index (χ4n) is 2.26. The van der Waals surface area contributed by atoms with Crippen molar-refractivity contribution >= 4 is 42.1 Å². The lowest BCUT2D eigenvalue weighted by Crippen LogP contribution is -2.34. The smallest absolute Gasteiger partial charge is 0.265 e. The van der Waals surface area contributed by atoms with Crippen molar-refractivity contribution in [1.82, 2.24) is 9.88 Å². The van der Waals surface area contributed by atoms with Gasteiger partial charge in [0.15, 0.2) is 0 Å². The summed E-state index contributed by atoms with van der Waals surface area (Å²) in [6.45, 7) is 6.59. The third-order valence-electron chi connectivity index (χ3n) is 4.08. The molecule has 26 heavy (non-hydrogen) atoms. The molecule has 4 nitrogen and oxygen atoms in total. The molecule has 0 radical (unpaired) electrons. The highest BCUT2D eigenvalue weighted by Gasteiger charge is 2.20. The lowest BCUT2D eigenvalue weighted by Gasteiger charge is -2.21. The third kappa shape index (κ3) is 6.20. The number of carbonyl (C=O) groups excluding carboxylic acids is 1. The monoisotopic (exact) mass is 421 g/mol. The molecule has 1 amide bonds. The Morgan fingerprint density at radius 2 is 1.85 bits per heavy atom. The molecule has 0 aliphatic carbocycles. The summed E-state index contributed by atoms with van der Waals surface area (Å²) in [5.74, 6) is 0.0580. The first-order chi connectivity index (χ1) is 11.3. The molecular weight excluding hydrogens is 396 g/mol. The van der Waals surface area contributed by atoms with E-state index in [1.165, 1.54) is 23.5 Å². The average molecular weight is 422 g/mol. The van der Waals surface area contributed by atoms with Crippen LogP contribution in [0.3, 0.4) is 0 Å². The van der Waals surface area contributed by atoms with Gasteiger partial charge in [0.25, 0.3) is 5.91 Å². The van der Waals surface area contributed by atoms with Crippen molar-refractivity contribution in [3.05, 3.63) is 40.7 Å². The van der Waals surface area contributed by atoms with Gasteiger partial charge >= 0.3 is 0 Å². The average Bonchev–Trinajstić information content (AvgIpc) is 2.93. The maximum Gasteiger partial charge on any atom is 0.265 e. The quantitative estimate of drug-likeness (QED) is 0.743. The zero-order valence-corrected chi connectivity index (χ0v) is 17.8. The van der Waals surface area contributed by atoms with E-state index in [1.807, 2.05) is 6.92 Å². The summed E-state index contributed by atoms with van der Waals surface area (Å²) in [4.78, 5) is 19.4. The number of rotatable bonds is 6. The Morgan fingerprint density at radius 1 is 1.27 bits per heavy atom. The highest BCUT2D eigenvalue weighted by Crippen LogP contribution is 2.28. The van der Waals surface area contributed by atoms with Crippen molar-refractivity contribution in [2.75, 3.05) is 13.6 Å². The van der Waals surface area contributed by atoms with E-state index in [-0.39, 0.29) is 42.6 Å². The molecule has 1 aromatic heterocycles. The van der Waals surface area contributed by atoms with Crippen LogP contribution in [0.25, 0.3) is 10.6 Å². The number of aryl methyl sites for hydroxylation is 1. The standard InChI is InChI=1S/C18H24FN3OS.2ClH/c1-11(2)15(20)9-10-22(4)18(23)16-12(3)21-17(24-16)13-5-7-14(19)8-6-13;;/h5-8,11,15H,9-10,20H2,1-4H3;2*1H. The number of hydrogen-bond donors (Lipinski definition) is 1. The minimum absolute atomic E-state index is 0. The first kappa shape index (κ1) is 24.8. The Labute approximate surface area is 170 Å². The molecule has 0 aliphatic heterocycles. The Balaban J connectivity index is 0.00000312. The molecule has 1 unspecified atom stereocenters. The molecule has 8 heteroatoms. The highest BCUT2D eigenvalue weighted by molar-refractivity contribution is 7.17. The van der Waals surface area contributed by atoms with Gasteiger partial charge in [-0.25, -0.2) is 9.37 Å². The molecule has 0 bridgehead atoms. The van der Waals surface area contributed by atoms with Gasteiger partial charge in [-0.15, -0.1) is 36.2 Å². The van der Waals surface area contributed by atoms with Gasteiger partial charge < -0.3 is 10.6 Å². The van der Waals surface area contributed by atoms with Crippen LogP contribution in [0.15, 0.2) is 24.3 Å². The number of nitrogens with two attached hydrogens (primary N) is 1. The van der Waals surface area contributed by atoms with Crippen molar-refractivity contribution in [1.29, 1.82) is 0 Å². The first-order valence-electron chi connectivity index (χ1n) is 8.04. The SMILES string of the molecule is Cc1nc(-c2ccc(F)cc2)sc1C(=O)N(C)CCC(N)C(C)C.Cl.Cl. The number of halogens is 3. The van der Waals surface area contributed by atoms with Crippen LogP contribution < -0.4 is 5.73 Å². The predicted octanol–water partition coefficient (Wildman–Crippen LogP) is 4.55. The molecule has 2 N–H and O–H groups in total. The molecule has 0 spiro atoms. The van der Waals surface area contributed by atoms with Crippen LogP contribution in [-0.4, -0.2) is 35.4 Å². The minimum atomic E-state index is -0.287. The van der Waals surface area contributed by atoms with E-state index in [9.17, 15) is 9.18 Å². The van der Waals surface area contributed by atoms with E-state index < -0.39 is 0 Å². The molecule has 0 saturated heterocycles. The van der Waals surface area contributed by atoms with E-state index in [0.29, 0.717) is 23.0 Å². The normalized spacial score (nSPS) is 11.5. The summed E-state index contributed by atoms with van der Waals surface area (Å²) < 4.78 is 13.0. The van der Waals surface area contributed by atoms with E-state index in [4.69, 9.17) is 5.73 Å². The lowest BCUT2D eigenvalue weighted by molar-refractivity contribution is 0.0793. The molecule has 1 atom stereocenters. The van der Waals surface area contributed by atoms with E-state index in [2.05, 4.69) is 18.8 Å². The predicted molar refractivity (Wildman–Crippen MR) is 111 cm³/mol. The minimum Gasteiger partial charge on any atom is -0.341 e. The van der Waals surface area contributed by atoms with Crippen molar-refractivity contribution < 1.29 is 9.18 Å². The number of hydrogen-bond acceptors (Lipinski definition) is 4. The third-order valence-corrected chi connectivity index (χ3v) is 5.28. The number of carbonyl (C=O) groups is 1. The molecule has 2 aromatic rings. The van der Waals surface area contributed by atoms with Gasteiger partial charge in [0.2, 0.25) is 0 Å². The van der Waals surface area contributed by atoms with Gasteiger partial charge in [0.1, 0.15) is 15.7 Å². The summed E-state index contributed by atoms with van der Waals surface area (Å²) in [6.07, 6.45) is 0.766. The highest BCUT2D eigenvalue weighted by atomic mass is 35.5. The molecule has 2 rings (SSSR count). The number of aromatic nitrogens is 1. The largest absolute Gasteiger partial charge is 0.341 e. The molecule has 1 heterocycles. The van der Waals surface area contributed by atoms with Crippen molar-refractivity contribution in [3.63, 3.8) is 0 Å². The summed E-state index contributed by atoms with van der Waals surface area (Å²) >= 11 is 1.34. The molecule has 146 valence electrons. The number of benzene rings is 1. The van der Waals surface area contributed by atoms with Crippen LogP contribution in [0.2, 0.25) is 0 Å². The number of amides is 1. The zero-order valence-electron chi connectivity index (χ0n) is 15.4. The number of thiazole rings is 1. The van der Waals surface area contributed by atoms with Crippen LogP contribution in [0.5, 0.6) is 0 Å². The second-order valence-electron chi connectivity index (χ2n) is 6.36. The summed E-state index contributed by atoms with van der Waals surface area (Å²) in [5, 5.41) is 0.725. The molecular formula is C18H26Cl2FN3OS. The van der Waals surface area contributed by atoms with Gasteiger partial charge in [-0.2, -0.15) is 0 Å². The van der Waals surface area contributed by atoms with Gasteiger partial charge in [0, 0.05) is 25.2 Å². The topological polar surface area (TPSA) is 59.2 Å². The fourth-order valence-corrected chi connectivity index (χ4v) is 3.33. The Bertz CT molecular complexity index is 707. The Kier molecular flexibility index (Phi) is 10.3. The summed E-state index contributed by atoms with van der Waals surface area (Å²) in [6, 6.07) is 6.22. The van der Waals surface area contributed by atoms with Crippen molar-refractivity contribution in [3.8, 4) is 10.6 Å². The second-order valence-corrected chi connectivity index (χ2v) is 7.36. The van der Waals surface area contributed by atoms with E-state index in [1.54, 1.807) is 24.1 Å². The van der Waals surface area contributed by atoms with Crippen LogP contribution in [0.1, 0.15) is 35.6 Å². The maximum absolute atomic E-state index is 13.0. The molecule has 0 saturated carbocycles. The maximum atomic E-state index is 13.0. The Hall–Kier alpha value is -1.21. The van der Waals surface area contributed by atoms with Gasteiger partial charge in [-0.05, 0) is 43.5 Å². The second kappa shape index (κ2) is 10.8. The van der Waals surface area contributed by atoms with Crippen LogP contribution in [-0.2, 0) is 0 Å². The van der Waals surface area contributed by atoms with Crippen molar-refractivity contribution in [2.45, 2.75) is 33.2 Å². The van der Waals surface area contributed by atoms with Gasteiger partial charge in [-0.3, -0.25) is 4.79 Å². The van der Waals surface area contributed by atoms with Gasteiger partial charge in [-0.1, -0.05) is 13.8 Å². The fraction of sp³-hybridized carbons (Fsp3) is 0.444. The zero-order chi connectivity index (χ0) is 17.9. The number of nitrogens with zero attached hydrogens (tertiary/aromatic N) is 2. The lowest BCUT2D eigenvalue weighted by atomic mass is 10.0. The van der Waals surface area contributed by atoms with Gasteiger partial charge in [0.05, 0.1) is 5.69 Å². The summed E-state index contributed by atoms with van der Waals surface area (Å²) in [5.41, 5.74) is 7.56. The first-order valence-corrected chi connectivity index (χ1v) is 8.85. The van der Waals surface area contributed by atoms with Crippen molar-refractivity contribution in [2.24, 2.45) is 11.7 Å². The van der Waals surface area contributed by atoms with Crippen LogP contribution in [0, 0.1) is 18.7 Å². The summed E-state index contributed by atoms with van der Waals surface area (Å²) in [7, 11) is 1.78. The van der Waals surface area contributed by atoms with E-state index in [0.717, 1.165) is 17.0 Å². The molecule has 1 aromatic carbocycles. The van der Waals surface area contributed by atoms with Crippen LogP contribution in [0.4, 0.5) is 4.39 Å². The van der Waals surface area contributed by atoms with Crippen LogP contribution >= 0.6 is 36.2 Å². The molecule has 0 aliphatic rings. The molecule has 0 fully saturated rings.